The number of nitrogens with zero attached hydrogens (tertiary/aromatic N) is 4. The van der Waals surface area contributed by atoms with E-state index in [1.54, 1.807) is 25.6 Å². The molecule has 0 fully saturated rings. The molecule has 2 N–H and O–H groups in total. The molecule has 0 aliphatic carbocycles. The van der Waals surface area contributed by atoms with Gasteiger partial charge in [-0.2, -0.15) is 0 Å². The minimum Gasteiger partial charge on any atom is -0.481 e. The lowest BCUT2D eigenvalue weighted by molar-refractivity contribution is 0.101. The van der Waals surface area contributed by atoms with Crippen molar-refractivity contribution in [1.82, 2.24) is 25.1 Å². The molecule has 30 heavy (non-hydrogen) atoms. The van der Waals surface area contributed by atoms with Gasteiger partial charge in [0, 0.05) is 24.4 Å². The highest BCUT2D eigenvalue weighted by atomic mass is 16.5. The quantitative estimate of drug-likeness (QED) is 0.514. The number of aromatic nitrogens is 5. The van der Waals surface area contributed by atoms with Gasteiger partial charge in [-0.25, -0.2) is 9.97 Å². The number of carbonyl (C=O) groups excluding carboxylic acids is 1. The van der Waals surface area contributed by atoms with Crippen molar-refractivity contribution in [2.45, 2.75) is 13.3 Å². The maximum absolute atomic E-state index is 12.6. The maximum Gasteiger partial charge on any atom is 0.294 e. The Morgan fingerprint density at radius 2 is 1.93 bits per heavy atom. The summed E-state index contributed by atoms with van der Waals surface area (Å²) in [7, 11) is 1.57. The van der Waals surface area contributed by atoms with E-state index in [1.165, 1.54) is 0 Å². The smallest absolute Gasteiger partial charge is 0.294 e. The standard InChI is InChI=1S/C22H20N6O2/c1-14-10-17(22(30-2)24-13-14)16-8-9-23-18(12-16)26-21(29)20-25-19(27-28-20)11-15-6-4-3-5-7-15/h3-10,12-13H,11H2,1-2H3,(H,23,26,29)(H,25,27,28). The molecule has 0 unspecified atom stereocenters. The van der Waals surface area contributed by atoms with Crippen LogP contribution in [-0.2, 0) is 6.42 Å². The van der Waals surface area contributed by atoms with E-state index in [1.807, 2.05) is 49.4 Å². The Kier molecular flexibility index (Phi) is 5.47. The molecule has 0 atom stereocenters. The number of aryl methyl sites for hydroxylation is 1. The molecule has 0 aliphatic heterocycles. The van der Waals surface area contributed by atoms with Crippen LogP contribution in [0, 0.1) is 6.92 Å². The molecule has 3 heterocycles. The number of anilines is 1. The highest BCUT2D eigenvalue weighted by Crippen LogP contribution is 2.29. The number of methoxy groups -OCH3 is 1. The zero-order valence-corrected chi connectivity index (χ0v) is 16.6. The minimum atomic E-state index is -0.416. The second-order valence-corrected chi connectivity index (χ2v) is 6.74. The van der Waals surface area contributed by atoms with Crippen LogP contribution < -0.4 is 10.1 Å². The number of carbonyl (C=O) groups is 1. The van der Waals surface area contributed by atoms with Crippen LogP contribution in [0.15, 0.2) is 60.9 Å². The van der Waals surface area contributed by atoms with Gasteiger partial charge >= 0.3 is 0 Å². The predicted molar refractivity (Wildman–Crippen MR) is 112 cm³/mol. The van der Waals surface area contributed by atoms with Crippen molar-refractivity contribution in [2.24, 2.45) is 0 Å². The number of nitrogens with one attached hydrogen (secondary N) is 2. The summed E-state index contributed by atoms with van der Waals surface area (Å²) in [4.78, 5) is 24.1. The third-order valence-electron chi connectivity index (χ3n) is 4.46. The number of H-pyrrole nitrogens is 1. The van der Waals surface area contributed by atoms with Crippen molar-refractivity contribution < 1.29 is 9.53 Å². The van der Waals surface area contributed by atoms with Crippen LogP contribution in [-0.4, -0.2) is 38.2 Å². The zero-order chi connectivity index (χ0) is 20.9. The summed E-state index contributed by atoms with van der Waals surface area (Å²) in [6, 6.07) is 15.4. The first-order valence-electron chi connectivity index (χ1n) is 9.36. The number of benzene rings is 1. The van der Waals surface area contributed by atoms with Gasteiger partial charge in [-0.15, -0.1) is 10.2 Å². The van der Waals surface area contributed by atoms with E-state index in [0.717, 1.165) is 22.3 Å². The van der Waals surface area contributed by atoms with Crippen molar-refractivity contribution in [1.29, 1.82) is 0 Å². The molecule has 8 nitrogen and oxygen atoms in total. The van der Waals surface area contributed by atoms with E-state index in [4.69, 9.17) is 4.74 Å². The van der Waals surface area contributed by atoms with E-state index < -0.39 is 5.91 Å². The van der Waals surface area contributed by atoms with Crippen LogP contribution in [0.5, 0.6) is 5.88 Å². The molecule has 1 aromatic carbocycles. The number of aromatic amines is 1. The number of rotatable bonds is 6. The first-order valence-corrected chi connectivity index (χ1v) is 9.36. The molecule has 1 amide bonds. The van der Waals surface area contributed by atoms with Crippen molar-refractivity contribution in [2.75, 3.05) is 12.4 Å². The molecule has 0 bridgehead atoms. The van der Waals surface area contributed by atoms with E-state index in [9.17, 15) is 4.79 Å². The normalized spacial score (nSPS) is 10.6. The van der Waals surface area contributed by atoms with Crippen LogP contribution in [0.25, 0.3) is 11.1 Å². The summed E-state index contributed by atoms with van der Waals surface area (Å²) < 4.78 is 5.35. The minimum absolute atomic E-state index is 0.128. The van der Waals surface area contributed by atoms with Gasteiger partial charge in [-0.05, 0) is 41.8 Å². The Morgan fingerprint density at radius 1 is 1.10 bits per heavy atom. The number of hydrogen-bond acceptors (Lipinski definition) is 6. The molecule has 8 heteroatoms. The second-order valence-electron chi connectivity index (χ2n) is 6.74. The van der Waals surface area contributed by atoms with Crippen LogP contribution in [0.2, 0.25) is 0 Å². The molecular weight excluding hydrogens is 380 g/mol. The van der Waals surface area contributed by atoms with E-state index in [0.29, 0.717) is 23.9 Å². The number of pyridine rings is 2. The second kappa shape index (κ2) is 8.52. The molecule has 4 rings (SSSR count). The van der Waals surface area contributed by atoms with Gasteiger partial charge in [0.25, 0.3) is 5.91 Å². The Balaban J connectivity index is 1.51. The third kappa shape index (κ3) is 4.33. The van der Waals surface area contributed by atoms with Gasteiger partial charge in [0.2, 0.25) is 11.7 Å². The third-order valence-corrected chi connectivity index (χ3v) is 4.46. The molecule has 3 aromatic heterocycles. The average Bonchev–Trinajstić information content (AvgIpc) is 3.23. The number of ether oxygens (including phenoxy) is 1. The molecular formula is C22H20N6O2. The molecule has 150 valence electrons. The van der Waals surface area contributed by atoms with Crippen LogP contribution >= 0.6 is 0 Å². The number of hydrogen-bond donors (Lipinski definition) is 2. The highest BCUT2D eigenvalue weighted by Gasteiger charge is 2.14. The average molecular weight is 400 g/mol. The molecule has 0 aliphatic rings. The number of amides is 1. The van der Waals surface area contributed by atoms with Gasteiger partial charge in [-0.1, -0.05) is 30.3 Å². The molecule has 0 spiro atoms. The van der Waals surface area contributed by atoms with Gasteiger partial charge in [0.1, 0.15) is 11.6 Å². The lowest BCUT2D eigenvalue weighted by Gasteiger charge is -2.10. The topological polar surface area (TPSA) is 106 Å². The van der Waals surface area contributed by atoms with Gasteiger partial charge in [0.05, 0.1) is 7.11 Å². The van der Waals surface area contributed by atoms with Crippen LogP contribution in [0.1, 0.15) is 27.6 Å². The summed E-state index contributed by atoms with van der Waals surface area (Å²) in [6.07, 6.45) is 3.92. The fraction of sp³-hybridized carbons (Fsp3) is 0.136. The summed E-state index contributed by atoms with van der Waals surface area (Å²) in [5.41, 5.74) is 3.73. The van der Waals surface area contributed by atoms with E-state index in [-0.39, 0.29) is 5.82 Å². The summed E-state index contributed by atoms with van der Waals surface area (Å²) in [5, 5.41) is 10.8. The fourth-order valence-electron chi connectivity index (χ4n) is 3.04. The SMILES string of the molecule is COc1ncc(C)cc1-c1ccnc(NC(=O)c2nnc(Cc3ccccc3)[nH]2)c1. The largest absolute Gasteiger partial charge is 0.481 e. The maximum atomic E-state index is 12.6. The van der Waals surface area contributed by atoms with Crippen molar-refractivity contribution in [3.05, 3.63) is 83.7 Å². The highest BCUT2D eigenvalue weighted by molar-refractivity contribution is 6.01. The Hall–Kier alpha value is -4.07. The Bertz CT molecular complexity index is 1170. The van der Waals surface area contributed by atoms with Crippen LogP contribution in [0.4, 0.5) is 5.82 Å². The molecule has 0 saturated carbocycles. The van der Waals surface area contributed by atoms with Crippen molar-refractivity contribution in [3.8, 4) is 17.0 Å². The van der Waals surface area contributed by atoms with Crippen molar-refractivity contribution >= 4 is 11.7 Å². The van der Waals surface area contributed by atoms with Gasteiger partial charge in [0.15, 0.2) is 0 Å². The summed E-state index contributed by atoms with van der Waals surface area (Å²) >= 11 is 0. The first kappa shape index (κ1) is 19.3. The molecule has 0 saturated heterocycles. The lowest BCUT2D eigenvalue weighted by Crippen LogP contribution is -2.14. The molecule has 0 radical (unpaired) electrons. The van der Waals surface area contributed by atoms with E-state index in [2.05, 4.69) is 30.5 Å². The lowest BCUT2D eigenvalue weighted by atomic mass is 10.1. The fourth-order valence-corrected chi connectivity index (χ4v) is 3.04. The summed E-state index contributed by atoms with van der Waals surface area (Å²) in [6.45, 7) is 1.96. The van der Waals surface area contributed by atoms with Gasteiger partial charge in [-0.3, -0.25) is 4.79 Å². The van der Waals surface area contributed by atoms with Crippen molar-refractivity contribution in [3.63, 3.8) is 0 Å². The summed E-state index contributed by atoms with van der Waals surface area (Å²) in [5.74, 6) is 1.22. The first-order chi connectivity index (χ1) is 14.6. The van der Waals surface area contributed by atoms with Crippen LogP contribution in [0.3, 0.4) is 0 Å². The molecule has 4 aromatic rings. The van der Waals surface area contributed by atoms with E-state index >= 15 is 0 Å². The Morgan fingerprint density at radius 3 is 2.73 bits per heavy atom. The Labute approximate surface area is 173 Å². The monoisotopic (exact) mass is 400 g/mol. The zero-order valence-electron chi connectivity index (χ0n) is 16.6. The van der Waals surface area contributed by atoms with Gasteiger partial charge < -0.3 is 15.0 Å². The predicted octanol–water partition coefficient (Wildman–Crippen LogP) is 3.42.